The zero-order chi connectivity index (χ0) is 26.9. The van der Waals surface area contributed by atoms with Gasteiger partial charge in [-0.15, -0.1) is 0 Å². The lowest BCUT2D eigenvalue weighted by atomic mass is 9.95. The second-order valence-corrected chi connectivity index (χ2v) is 10.2. The molecule has 2 atom stereocenters. The van der Waals surface area contributed by atoms with Crippen LogP contribution in [0.25, 0.3) is 0 Å². The van der Waals surface area contributed by atoms with Gasteiger partial charge in [-0.25, -0.2) is 4.98 Å². The van der Waals surface area contributed by atoms with Gasteiger partial charge in [-0.1, -0.05) is 18.2 Å². The number of hydrogen-bond acceptors (Lipinski definition) is 8. The van der Waals surface area contributed by atoms with Crippen LogP contribution in [-0.4, -0.2) is 48.7 Å². The molecule has 2 unspecified atom stereocenters. The minimum Gasteiger partial charge on any atom is -0.456 e. The van der Waals surface area contributed by atoms with Crippen molar-refractivity contribution in [2.24, 2.45) is 0 Å². The van der Waals surface area contributed by atoms with E-state index < -0.39 is 0 Å². The normalized spacial score (nSPS) is 17.0. The van der Waals surface area contributed by atoms with Crippen molar-refractivity contribution in [3.63, 3.8) is 0 Å². The summed E-state index contributed by atoms with van der Waals surface area (Å²) in [6.07, 6.45) is 5.82. The number of morpholine rings is 1. The second kappa shape index (κ2) is 10.4. The molecule has 0 amide bonds. The Labute approximate surface area is 227 Å². The van der Waals surface area contributed by atoms with Crippen LogP contribution in [0.4, 0.5) is 17.2 Å². The SMILES string of the molecule is CC(Nc1ccc2c(c1)Cc1cccc(C3CN(c4ccc[nH]c4=O)CCO3)c1O2)c1cnc(N(C)C)cn1. The van der Waals surface area contributed by atoms with E-state index in [9.17, 15) is 4.79 Å². The average Bonchev–Trinajstić information content (AvgIpc) is 2.96. The zero-order valence-corrected chi connectivity index (χ0v) is 22.3. The number of para-hydroxylation sites is 1. The predicted octanol–water partition coefficient (Wildman–Crippen LogP) is 4.68. The number of aromatic nitrogens is 3. The van der Waals surface area contributed by atoms with Crippen LogP contribution in [0.5, 0.6) is 11.5 Å². The minimum absolute atomic E-state index is 0.00147. The van der Waals surface area contributed by atoms with Crippen LogP contribution in [0.3, 0.4) is 0 Å². The van der Waals surface area contributed by atoms with Crippen molar-refractivity contribution in [1.82, 2.24) is 15.0 Å². The molecule has 1 saturated heterocycles. The fraction of sp³-hybridized carbons (Fsp3) is 0.300. The molecular formula is C30H32N6O3. The van der Waals surface area contributed by atoms with Gasteiger partial charge < -0.3 is 29.6 Å². The first-order valence-corrected chi connectivity index (χ1v) is 13.2. The van der Waals surface area contributed by atoms with Gasteiger partial charge in [-0.2, -0.15) is 0 Å². The third-order valence-corrected chi connectivity index (χ3v) is 7.28. The molecule has 9 heteroatoms. The van der Waals surface area contributed by atoms with Crippen molar-refractivity contribution >= 4 is 17.2 Å². The number of rotatable bonds is 6. The Morgan fingerprint density at radius 3 is 2.79 bits per heavy atom. The topological polar surface area (TPSA) is 95.6 Å². The summed E-state index contributed by atoms with van der Waals surface area (Å²) >= 11 is 0. The highest BCUT2D eigenvalue weighted by Gasteiger charge is 2.29. The Balaban J connectivity index is 1.19. The molecule has 1 fully saturated rings. The van der Waals surface area contributed by atoms with E-state index in [0.717, 1.165) is 51.8 Å². The smallest absolute Gasteiger partial charge is 0.271 e. The zero-order valence-electron chi connectivity index (χ0n) is 22.3. The van der Waals surface area contributed by atoms with Gasteiger partial charge in [-0.3, -0.25) is 9.78 Å². The van der Waals surface area contributed by atoms with Crippen LogP contribution in [0, 0.1) is 0 Å². The van der Waals surface area contributed by atoms with E-state index in [1.54, 1.807) is 12.4 Å². The lowest BCUT2D eigenvalue weighted by Crippen LogP contribution is -2.41. The lowest BCUT2D eigenvalue weighted by molar-refractivity contribution is 0.0383. The summed E-state index contributed by atoms with van der Waals surface area (Å²) in [6, 6.07) is 16.1. The summed E-state index contributed by atoms with van der Waals surface area (Å²) in [6.45, 7) is 3.86. The highest BCUT2D eigenvalue weighted by Crippen LogP contribution is 2.43. The number of nitrogens with zero attached hydrogens (tertiary/aromatic N) is 4. The standard InChI is InChI=1S/C30H32N6O3/c1-19(24-16-33-28(17-32-24)35(2)3)34-22-9-10-26-21(15-22)14-20-6-4-7-23(29(20)39-26)27-18-36(12-13-38-27)25-8-5-11-31-30(25)37/h4-11,15-17,19,27,34H,12-14,18H2,1-3H3,(H,31,37). The molecule has 200 valence electrons. The van der Waals surface area contributed by atoms with Crippen LogP contribution in [0.15, 0.2) is 71.9 Å². The molecule has 2 N–H and O–H groups in total. The Kier molecular flexibility index (Phi) is 6.66. The summed E-state index contributed by atoms with van der Waals surface area (Å²) < 4.78 is 12.7. The first-order valence-electron chi connectivity index (χ1n) is 13.2. The Hall–Kier alpha value is -4.37. The van der Waals surface area contributed by atoms with E-state index in [0.29, 0.717) is 25.4 Å². The van der Waals surface area contributed by atoms with Crippen molar-refractivity contribution in [3.8, 4) is 11.5 Å². The van der Waals surface area contributed by atoms with Crippen molar-refractivity contribution < 1.29 is 9.47 Å². The first-order chi connectivity index (χ1) is 19.0. The molecule has 0 radical (unpaired) electrons. The molecule has 2 aromatic heterocycles. The maximum absolute atomic E-state index is 12.4. The number of hydrogen-bond donors (Lipinski definition) is 2. The second-order valence-electron chi connectivity index (χ2n) is 10.2. The predicted molar refractivity (Wildman–Crippen MR) is 152 cm³/mol. The van der Waals surface area contributed by atoms with Crippen LogP contribution in [-0.2, 0) is 11.2 Å². The molecule has 9 nitrogen and oxygen atoms in total. The number of pyridine rings is 1. The number of nitrogens with one attached hydrogen (secondary N) is 2. The molecule has 6 rings (SSSR count). The Morgan fingerprint density at radius 2 is 2.00 bits per heavy atom. The van der Waals surface area contributed by atoms with Gasteiger partial charge in [0.05, 0.1) is 30.7 Å². The van der Waals surface area contributed by atoms with Gasteiger partial charge in [-0.05, 0) is 42.8 Å². The molecule has 2 aliphatic rings. The van der Waals surface area contributed by atoms with Crippen molar-refractivity contribution in [2.45, 2.75) is 25.5 Å². The van der Waals surface area contributed by atoms with E-state index >= 15 is 0 Å². The lowest BCUT2D eigenvalue weighted by Gasteiger charge is -2.35. The highest BCUT2D eigenvalue weighted by atomic mass is 16.5. The quantitative estimate of drug-likeness (QED) is 0.331. The number of anilines is 3. The van der Waals surface area contributed by atoms with Crippen LogP contribution >= 0.6 is 0 Å². The third-order valence-electron chi connectivity index (χ3n) is 7.28. The average molecular weight is 525 g/mol. The number of fused-ring (bicyclic) bond motifs is 2. The molecule has 2 aliphatic heterocycles. The number of aromatic amines is 1. The largest absolute Gasteiger partial charge is 0.456 e. The summed E-state index contributed by atoms with van der Waals surface area (Å²) in [5.41, 5.74) is 5.70. The molecule has 0 aliphatic carbocycles. The minimum atomic E-state index is -0.198. The maximum atomic E-state index is 12.4. The summed E-state index contributed by atoms with van der Waals surface area (Å²) in [4.78, 5) is 28.2. The van der Waals surface area contributed by atoms with Gasteiger partial charge in [0.2, 0.25) is 0 Å². The maximum Gasteiger partial charge on any atom is 0.271 e. The van der Waals surface area contributed by atoms with Gasteiger partial charge in [0, 0.05) is 56.6 Å². The van der Waals surface area contributed by atoms with Gasteiger partial charge in [0.1, 0.15) is 29.1 Å². The third kappa shape index (κ3) is 5.05. The van der Waals surface area contributed by atoms with E-state index in [2.05, 4.69) is 56.4 Å². The fourth-order valence-corrected chi connectivity index (χ4v) is 5.17. The highest BCUT2D eigenvalue weighted by molar-refractivity contribution is 5.59. The molecule has 4 aromatic rings. The van der Waals surface area contributed by atoms with E-state index in [-0.39, 0.29) is 17.7 Å². The van der Waals surface area contributed by atoms with Crippen molar-refractivity contribution in [2.75, 3.05) is 48.9 Å². The monoisotopic (exact) mass is 524 g/mol. The molecule has 39 heavy (non-hydrogen) atoms. The molecule has 0 spiro atoms. The number of H-pyrrole nitrogens is 1. The van der Waals surface area contributed by atoms with Crippen molar-refractivity contribution in [3.05, 3.63) is 99.9 Å². The summed E-state index contributed by atoms with van der Waals surface area (Å²) in [5.74, 6) is 2.52. The van der Waals surface area contributed by atoms with Gasteiger partial charge >= 0.3 is 0 Å². The summed E-state index contributed by atoms with van der Waals surface area (Å²) in [7, 11) is 3.90. The number of ether oxygens (including phenoxy) is 2. The van der Waals surface area contributed by atoms with Crippen molar-refractivity contribution in [1.29, 1.82) is 0 Å². The molecule has 0 bridgehead atoms. The Morgan fingerprint density at radius 1 is 1.10 bits per heavy atom. The Bertz CT molecular complexity index is 1530. The van der Waals surface area contributed by atoms with E-state index in [1.807, 2.05) is 49.5 Å². The fourth-order valence-electron chi connectivity index (χ4n) is 5.17. The van der Waals surface area contributed by atoms with E-state index in [1.165, 1.54) is 0 Å². The molecule has 4 heterocycles. The van der Waals surface area contributed by atoms with Crippen LogP contribution < -0.4 is 25.4 Å². The van der Waals surface area contributed by atoms with Gasteiger partial charge in [0.15, 0.2) is 0 Å². The summed E-state index contributed by atoms with van der Waals surface area (Å²) in [5, 5.41) is 3.54. The molecule has 2 aromatic carbocycles. The number of benzene rings is 2. The van der Waals surface area contributed by atoms with Gasteiger partial charge in [0.25, 0.3) is 5.56 Å². The first kappa shape index (κ1) is 24.9. The molecule has 0 saturated carbocycles. The van der Waals surface area contributed by atoms with Crippen LogP contribution in [0.2, 0.25) is 0 Å². The molecular weight excluding hydrogens is 492 g/mol. The van der Waals surface area contributed by atoms with Crippen LogP contribution in [0.1, 0.15) is 41.5 Å². The van der Waals surface area contributed by atoms with E-state index in [4.69, 9.17) is 9.47 Å².